The molecule has 3 aromatic rings. The van der Waals surface area contributed by atoms with Crippen LogP contribution in [-0.4, -0.2) is 34.4 Å². The monoisotopic (exact) mass is 376 g/mol. The predicted octanol–water partition coefficient (Wildman–Crippen LogP) is 3.91. The third-order valence-corrected chi connectivity index (χ3v) is 5.62. The summed E-state index contributed by atoms with van der Waals surface area (Å²) in [7, 11) is 0. The smallest absolute Gasteiger partial charge is 0.338 e. The molecule has 4 rings (SSSR count). The lowest BCUT2D eigenvalue weighted by Gasteiger charge is -2.30. The second-order valence-corrected chi connectivity index (χ2v) is 7.46. The molecule has 0 saturated carbocycles. The first kappa shape index (κ1) is 18.3. The summed E-state index contributed by atoms with van der Waals surface area (Å²) in [4.78, 5) is 30.4. The maximum Gasteiger partial charge on any atom is 0.338 e. The van der Waals surface area contributed by atoms with Gasteiger partial charge < -0.3 is 14.6 Å². The molecule has 0 fully saturated rings. The Morgan fingerprint density at radius 2 is 1.86 bits per heavy atom. The van der Waals surface area contributed by atoms with E-state index in [0.29, 0.717) is 18.7 Å². The minimum absolute atomic E-state index is 0.155. The Morgan fingerprint density at radius 3 is 2.64 bits per heavy atom. The van der Waals surface area contributed by atoms with Gasteiger partial charge in [-0.1, -0.05) is 24.3 Å². The zero-order valence-corrected chi connectivity index (χ0v) is 16.4. The van der Waals surface area contributed by atoms with E-state index >= 15 is 0 Å². The van der Waals surface area contributed by atoms with E-state index < -0.39 is 12.1 Å². The summed E-state index contributed by atoms with van der Waals surface area (Å²) < 4.78 is 5.49. The van der Waals surface area contributed by atoms with Crippen LogP contribution in [-0.2, 0) is 22.5 Å². The fourth-order valence-electron chi connectivity index (χ4n) is 3.81. The summed E-state index contributed by atoms with van der Waals surface area (Å²) in [6, 6.07) is 13.6. The maximum absolute atomic E-state index is 12.8. The van der Waals surface area contributed by atoms with E-state index in [1.807, 2.05) is 44.2 Å². The SMILES string of the molecule is Cc1[nH]c2ccc(C(=O)O[C@H](C)C(=O)N3CCc4ccccc4C3)cc2c1C. The summed E-state index contributed by atoms with van der Waals surface area (Å²) in [5.41, 5.74) is 6.07. The molecule has 144 valence electrons. The van der Waals surface area contributed by atoms with Crippen molar-refractivity contribution in [3.63, 3.8) is 0 Å². The molecule has 0 aliphatic carbocycles. The van der Waals surface area contributed by atoms with E-state index in [2.05, 4.69) is 11.1 Å². The minimum Gasteiger partial charge on any atom is -0.449 e. The Labute approximate surface area is 164 Å². The van der Waals surface area contributed by atoms with E-state index in [1.54, 1.807) is 17.9 Å². The van der Waals surface area contributed by atoms with Gasteiger partial charge in [-0.3, -0.25) is 4.79 Å². The Bertz CT molecular complexity index is 1070. The van der Waals surface area contributed by atoms with Crippen LogP contribution in [0.5, 0.6) is 0 Å². The van der Waals surface area contributed by atoms with Crippen LogP contribution in [0, 0.1) is 13.8 Å². The Balaban J connectivity index is 1.46. The Morgan fingerprint density at radius 1 is 1.11 bits per heavy atom. The van der Waals surface area contributed by atoms with Crippen LogP contribution in [0.25, 0.3) is 10.9 Å². The number of benzene rings is 2. The van der Waals surface area contributed by atoms with Gasteiger partial charge in [0.15, 0.2) is 6.10 Å². The van der Waals surface area contributed by atoms with Crippen LogP contribution in [0.4, 0.5) is 0 Å². The fourth-order valence-corrected chi connectivity index (χ4v) is 3.81. The molecule has 0 radical (unpaired) electrons. The molecule has 2 heterocycles. The molecule has 1 atom stereocenters. The lowest BCUT2D eigenvalue weighted by molar-refractivity contribution is -0.140. The van der Waals surface area contributed by atoms with E-state index in [0.717, 1.165) is 34.1 Å². The summed E-state index contributed by atoms with van der Waals surface area (Å²) in [6.45, 7) is 6.87. The second kappa shape index (κ2) is 7.15. The number of ether oxygens (including phenoxy) is 1. The average molecular weight is 376 g/mol. The standard InChI is InChI=1S/C23H24N2O3/c1-14-15(2)24-21-9-8-18(12-20(14)21)23(27)28-16(3)22(26)25-11-10-17-6-4-5-7-19(17)13-25/h4-9,12,16,24H,10-11,13H2,1-3H3/t16-/m1/s1. The number of hydrogen-bond acceptors (Lipinski definition) is 3. The second-order valence-electron chi connectivity index (χ2n) is 7.46. The first-order valence-electron chi connectivity index (χ1n) is 9.59. The van der Waals surface area contributed by atoms with Gasteiger partial charge in [0.25, 0.3) is 5.91 Å². The van der Waals surface area contributed by atoms with Gasteiger partial charge in [-0.25, -0.2) is 4.79 Å². The highest BCUT2D eigenvalue weighted by atomic mass is 16.5. The van der Waals surface area contributed by atoms with Gasteiger partial charge in [0.2, 0.25) is 0 Å². The number of rotatable bonds is 3. The number of carbonyl (C=O) groups is 2. The molecule has 0 bridgehead atoms. The highest BCUT2D eigenvalue weighted by Crippen LogP contribution is 2.23. The van der Waals surface area contributed by atoms with Crippen molar-refractivity contribution in [2.24, 2.45) is 0 Å². The molecule has 0 unspecified atom stereocenters. The van der Waals surface area contributed by atoms with Crippen molar-refractivity contribution in [2.45, 2.75) is 39.8 Å². The van der Waals surface area contributed by atoms with Crippen molar-refractivity contribution in [1.29, 1.82) is 0 Å². The number of aryl methyl sites for hydroxylation is 2. The zero-order chi connectivity index (χ0) is 19.8. The van der Waals surface area contributed by atoms with Crippen LogP contribution >= 0.6 is 0 Å². The molecule has 0 spiro atoms. The molecule has 1 aliphatic heterocycles. The summed E-state index contributed by atoms with van der Waals surface area (Å²) in [5.74, 6) is -0.629. The molecule has 1 aliphatic rings. The van der Waals surface area contributed by atoms with Crippen molar-refractivity contribution in [2.75, 3.05) is 6.54 Å². The van der Waals surface area contributed by atoms with Crippen molar-refractivity contribution in [1.82, 2.24) is 9.88 Å². The molecule has 1 aromatic heterocycles. The van der Waals surface area contributed by atoms with Crippen LogP contribution in [0.2, 0.25) is 0 Å². The molecule has 5 heteroatoms. The number of aromatic nitrogens is 1. The number of hydrogen-bond donors (Lipinski definition) is 1. The molecular weight excluding hydrogens is 352 g/mol. The van der Waals surface area contributed by atoms with Crippen molar-refractivity contribution in [3.05, 3.63) is 70.4 Å². The quantitative estimate of drug-likeness (QED) is 0.705. The highest BCUT2D eigenvalue weighted by Gasteiger charge is 2.27. The lowest BCUT2D eigenvalue weighted by Crippen LogP contribution is -2.42. The van der Waals surface area contributed by atoms with Gasteiger partial charge in [0.05, 0.1) is 5.56 Å². The number of esters is 1. The molecule has 1 amide bonds. The zero-order valence-electron chi connectivity index (χ0n) is 16.4. The first-order chi connectivity index (χ1) is 13.4. The maximum atomic E-state index is 12.8. The number of nitrogens with zero attached hydrogens (tertiary/aromatic N) is 1. The summed E-state index contributed by atoms with van der Waals surface area (Å²) in [6.07, 6.45) is 0.00765. The van der Waals surface area contributed by atoms with Crippen molar-refractivity contribution < 1.29 is 14.3 Å². The Kier molecular flexibility index (Phi) is 4.67. The normalized spacial score (nSPS) is 14.6. The Hall–Kier alpha value is -3.08. The van der Waals surface area contributed by atoms with E-state index in [4.69, 9.17) is 4.74 Å². The van der Waals surface area contributed by atoms with Gasteiger partial charge in [-0.15, -0.1) is 0 Å². The van der Waals surface area contributed by atoms with E-state index in [9.17, 15) is 9.59 Å². The highest BCUT2D eigenvalue weighted by molar-refractivity contribution is 5.97. The molecule has 5 nitrogen and oxygen atoms in total. The van der Waals surface area contributed by atoms with Gasteiger partial charge in [-0.2, -0.15) is 0 Å². The number of H-pyrrole nitrogens is 1. The molecule has 0 saturated heterocycles. The van der Waals surface area contributed by atoms with Crippen LogP contribution in [0.3, 0.4) is 0 Å². The van der Waals surface area contributed by atoms with Crippen molar-refractivity contribution in [3.8, 4) is 0 Å². The van der Waals surface area contributed by atoms with Crippen LogP contribution in [0.15, 0.2) is 42.5 Å². The molecule has 2 aromatic carbocycles. The van der Waals surface area contributed by atoms with Gasteiger partial charge in [0, 0.05) is 29.7 Å². The average Bonchev–Trinajstić information content (AvgIpc) is 3.00. The minimum atomic E-state index is -0.817. The number of carbonyl (C=O) groups excluding carboxylic acids is 2. The molecule has 28 heavy (non-hydrogen) atoms. The third kappa shape index (κ3) is 3.28. The number of fused-ring (bicyclic) bond motifs is 2. The predicted molar refractivity (Wildman–Crippen MR) is 108 cm³/mol. The number of nitrogens with one attached hydrogen (secondary N) is 1. The van der Waals surface area contributed by atoms with Gasteiger partial charge >= 0.3 is 5.97 Å². The summed E-state index contributed by atoms with van der Waals surface area (Å²) in [5, 5.41) is 0.999. The van der Waals surface area contributed by atoms with Crippen molar-refractivity contribution >= 4 is 22.8 Å². The third-order valence-electron chi connectivity index (χ3n) is 5.62. The van der Waals surface area contributed by atoms with Gasteiger partial charge in [0.1, 0.15) is 0 Å². The topological polar surface area (TPSA) is 62.4 Å². The number of aromatic amines is 1. The van der Waals surface area contributed by atoms with Gasteiger partial charge in [-0.05, 0) is 62.1 Å². The largest absolute Gasteiger partial charge is 0.449 e. The molecular formula is C23H24N2O3. The summed E-state index contributed by atoms with van der Waals surface area (Å²) >= 11 is 0. The fraction of sp³-hybridized carbons (Fsp3) is 0.304. The lowest BCUT2D eigenvalue weighted by atomic mass is 9.99. The number of amides is 1. The molecule has 1 N–H and O–H groups in total. The van der Waals surface area contributed by atoms with Crippen LogP contribution < -0.4 is 0 Å². The van der Waals surface area contributed by atoms with E-state index in [1.165, 1.54) is 5.56 Å². The van der Waals surface area contributed by atoms with E-state index in [-0.39, 0.29) is 5.91 Å². The van der Waals surface area contributed by atoms with Crippen LogP contribution in [0.1, 0.15) is 39.7 Å². The first-order valence-corrected chi connectivity index (χ1v) is 9.59.